The Morgan fingerprint density at radius 2 is 2.00 bits per heavy atom. The number of aliphatic imine (C=N–C) groups is 1. The zero-order valence-electron chi connectivity index (χ0n) is 25.0. The number of benzene rings is 1. The van der Waals surface area contributed by atoms with Crippen molar-refractivity contribution < 1.29 is 4.39 Å². The molecule has 3 heterocycles. The van der Waals surface area contributed by atoms with Crippen LogP contribution in [0.25, 0.3) is 28.0 Å². The highest BCUT2D eigenvalue weighted by molar-refractivity contribution is 6.31. The molecule has 4 aromatic rings. The van der Waals surface area contributed by atoms with Gasteiger partial charge >= 0.3 is 5.69 Å². The number of H-pyrrole nitrogens is 1. The Bertz CT molecular complexity index is 1640. The van der Waals surface area contributed by atoms with Crippen molar-refractivity contribution in [3.05, 3.63) is 74.8 Å². The highest BCUT2D eigenvalue weighted by Gasteiger charge is 2.18. The molecule has 0 amide bonds. The monoisotopic (exact) mass is 609 g/mol. The van der Waals surface area contributed by atoms with Gasteiger partial charge in [0, 0.05) is 35.8 Å². The number of rotatable bonds is 14. The average Bonchev–Trinajstić information content (AvgIpc) is 3.36. The van der Waals surface area contributed by atoms with Crippen molar-refractivity contribution >= 4 is 28.6 Å². The number of halogens is 2. The van der Waals surface area contributed by atoms with E-state index in [1.807, 2.05) is 19.9 Å². The molecule has 3 aromatic heterocycles. The van der Waals surface area contributed by atoms with Crippen molar-refractivity contribution in [2.75, 3.05) is 13.1 Å². The maximum absolute atomic E-state index is 15.1. The van der Waals surface area contributed by atoms with E-state index in [1.165, 1.54) is 4.57 Å². The first kappa shape index (κ1) is 32.1. The smallest absolute Gasteiger partial charge is 0.354 e. The zero-order chi connectivity index (χ0) is 31.1. The highest BCUT2D eigenvalue weighted by atomic mass is 35.5. The molecule has 0 aliphatic carbocycles. The molecule has 12 heteroatoms. The van der Waals surface area contributed by atoms with Crippen LogP contribution in [0.1, 0.15) is 68.8 Å². The van der Waals surface area contributed by atoms with Crippen molar-refractivity contribution in [1.82, 2.24) is 24.8 Å². The van der Waals surface area contributed by atoms with Crippen molar-refractivity contribution in [1.29, 1.82) is 0 Å². The number of aryl methyl sites for hydroxylation is 2. The van der Waals surface area contributed by atoms with Gasteiger partial charge in [-0.2, -0.15) is 4.98 Å². The summed E-state index contributed by atoms with van der Waals surface area (Å²) in [6, 6.07) is 7.29. The Morgan fingerprint density at radius 1 is 1.21 bits per heavy atom. The second-order valence-electron chi connectivity index (χ2n) is 11.0. The van der Waals surface area contributed by atoms with Crippen LogP contribution >= 0.6 is 11.6 Å². The zero-order valence-corrected chi connectivity index (χ0v) is 25.7. The molecule has 0 aliphatic rings. The van der Waals surface area contributed by atoms with Gasteiger partial charge in [-0.3, -0.25) is 14.5 Å². The summed E-state index contributed by atoms with van der Waals surface area (Å²) in [7, 11) is 0. The molecule has 230 valence electrons. The molecular weight excluding hydrogens is 569 g/mol. The quantitative estimate of drug-likeness (QED) is 0.0788. The molecule has 0 spiro atoms. The third-order valence-electron chi connectivity index (χ3n) is 7.32. The minimum Gasteiger partial charge on any atom is -0.370 e. The Labute approximate surface area is 256 Å². The van der Waals surface area contributed by atoms with Crippen LogP contribution < -0.4 is 28.2 Å². The fourth-order valence-electron chi connectivity index (χ4n) is 5.19. The van der Waals surface area contributed by atoms with E-state index < -0.39 is 11.5 Å². The Kier molecular flexibility index (Phi) is 10.9. The molecular formula is C31H41ClFN9O. The van der Waals surface area contributed by atoms with E-state index in [1.54, 1.807) is 30.6 Å². The minimum atomic E-state index is -0.527. The van der Waals surface area contributed by atoms with Crippen LogP contribution in [0.4, 0.5) is 4.39 Å². The van der Waals surface area contributed by atoms with Gasteiger partial charge in [-0.25, -0.2) is 9.18 Å². The number of nitrogens with two attached hydrogens (primary N) is 3. The predicted octanol–water partition coefficient (Wildman–Crippen LogP) is 4.64. The lowest BCUT2D eigenvalue weighted by Crippen LogP contribution is -2.26. The summed E-state index contributed by atoms with van der Waals surface area (Å²) < 4.78 is 16.6. The van der Waals surface area contributed by atoms with Gasteiger partial charge in [-0.15, -0.1) is 0 Å². The van der Waals surface area contributed by atoms with Crippen LogP contribution in [0.3, 0.4) is 0 Å². The van der Waals surface area contributed by atoms with Crippen LogP contribution in [0.15, 0.2) is 46.4 Å². The van der Waals surface area contributed by atoms with Crippen LogP contribution in [-0.4, -0.2) is 44.6 Å². The number of hydrogen-bond acceptors (Lipinski definition) is 6. The second-order valence-corrected chi connectivity index (χ2v) is 11.4. The molecule has 0 fully saturated rings. The lowest BCUT2D eigenvalue weighted by atomic mass is 10.0. The van der Waals surface area contributed by atoms with E-state index >= 15 is 4.39 Å². The van der Waals surface area contributed by atoms with E-state index in [9.17, 15) is 4.79 Å². The molecule has 0 bridgehead atoms. The molecule has 0 saturated heterocycles. The van der Waals surface area contributed by atoms with Gasteiger partial charge < -0.3 is 27.5 Å². The van der Waals surface area contributed by atoms with Gasteiger partial charge in [0.1, 0.15) is 5.65 Å². The molecule has 4 rings (SSSR count). The molecule has 0 saturated carbocycles. The summed E-state index contributed by atoms with van der Waals surface area (Å²) in [4.78, 5) is 29.2. The molecule has 0 radical (unpaired) electrons. The molecule has 2 unspecified atom stereocenters. The topological polar surface area (TPSA) is 166 Å². The fraction of sp³-hybridized carbons (Fsp3) is 0.419. The van der Waals surface area contributed by atoms with Gasteiger partial charge in [-0.05, 0) is 87.9 Å². The van der Waals surface area contributed by atoms with E-state index in [2.05, 4.69) is 27.2 Å². The SMILES string of the molecule is CCCC(NCCCN=C(N)N)c1ncc(-n2cc3cc(-c4cc(CCCC(C)N)cc(Cl)c4F)[nH]c3nc2=O)cc1C. The number of nitrogens with one attached hydrogen (secondary N) is 2. The molecule has 10 nitrogen and oxygen atoms in total. The molecule has 2 atom stereocenters. The van der Waals surface area contributed by atoms with Gasteiger partial charge in [-0.1, -0.05) is 24.9 Å². The standard InChI is InChI=1S/C31H41ClFN9O/c1-4-7-25(37-10-6-11-38-30(35)36)28-18(2)12-22(16-39-28)42-17-21-15-26(40-29(21)41-31(42)43)23-13-20(9-5-8-19(3)34)14-24(32)27(23)33/h12-17,19,25,37H,4-11,34H2,1-3H3,(H4,35,36,38)(H,40,41,43). The van der Waals surface area contributed by atoms with Gasteiger partial charge in [0.25, 0.3) is 0 Å². The number of fused-ring (bicyclic) bond motifs is 1. The van der Waals surface area contributed by atoms with Crippen LogP contribution in [0.2, 0.25) is 5.02 Å². The first-order valence-corrected chi connectivity index (χ1v) is 15.1. The van der Waals surface area contributed by atoms with E-state index in [0.717, 1.165) is 61.9 Å². The number of hydrogen-bond donors (Lipinski definition) is 5. The van der Waals surface area contributed by atoms with Crippen molar-refractivity contribution in [2.45, 2.75) is 71.4 Å². The van der Waals surface area contributed by atoms with Crippen molar-refractivity contribution in [3.8, 4) is 16.9 Å². The minimum absolute atomic E-state index is 0.0470. The summed E-state index contributed by atoms with van der Waals surface area (Å²) in [6.45, 7) is 7.36. The highest BCUT2D eigenvalue weighted by Crippen LogP contribution is 2.31. The fourth-order valence-corrected chi connectivity index (χ4v) is 5.43. The molecule has 43 heavy (non-hydrogen) atoms. The van der Waals surface area contributed by atoms with E-state index in [4.69, 9.17) is 33.8 Å². The largest absolute Gasteiger partial charge is 0.370 e. The van der Waals surface area contributed by atoms with Crippen molar-refractivity contribution in [3.63, 3.8) is 0 Å². The summed E-state index contributed by atoms with van der Waals surface area (Å²) in [5, 5.41) is 4.25. The van der Waals surface area contributed by atoms with E-state index in [-0.39, 0.29) is 23.1 Å². The predicted molar refractivity (Wildman–Crippen MR) is 172 cm³/mol. The summed E-state index contributed by atoms with van der Waals surface area (Å²) >= 11 is 6.25. The van der Waals surface area contributed by atoms with Crippen LogP contribution in [-0.2, 0) is 6.42 Å². The number of aromatic nitrogens is 4. The van der Waals surface area contributed by atoms with Crippen LogP contribution in [0.5, 0.6) is 0 Å². The summed E-state index contributed by atoms with van der Waals surface area (Å²) in [5.41, 5.74) is 20.8. The lowest BCUT2D eigenvalue weighted by molar-refractivity contribution is 0.478. The third-order valence-corrected chi connectivity index (χ3v) is 7.60. The molecule has 0 aliphatic heterocycles. The third kappa shape index (κ3) is 8.19. The first-order chi connectivity index (χ1) is 20.6. The second kappa shape index (κ2) is 14.6. The van der Waals surface area contributed by atoms with E-state index in [0.29, 0.717) is 34.5 Å². The number of aromatic amines is 1. The summed E-state index contributed by atoms with van der Waals surface area (Å²) in [6.07, 6.45) is 8.51. The van der Waals surface area contributed by atoms with Gasteiger partial charge in [0.05, 0.1) is 28.3 Å². The average molecular weight is 610 g/mol. The number of pyridine rings is 1. The maximum Gasteiger partial charge on any atom is 0.354 e. The normalized spacial score (nSPS) is 12.9. The Hall–Kier alpha value is -3.80. The van der Waals surface area contributed by atoms with Crippen LogP contribution in [0, 0.1) is 12.7 Å². The Morgan fingerprint density at radius 3 is 2.70 bits per heavy atom. The van der Waals surface area contributed by atoms with Crippen molar-refractivity contribution in [2.24, 2.45) is 22.2 Å². The Balaban J connectivity index is 1.60. The molecule has 8 N–H and O–H groups in total. The number of nitrogens with zero attached hydrogens (tertiary/aromatic N) is 4. The first-order valence-electron chi connectivity index (χ1n) is 14.7. The lowest BCUT2D eigenvalue weighted by Gasteiger charge is -2.20. The maximum atomic E-state index is 15.1. The van der Waals surface area contributed by atoms with Gasteiger partial charge in [0.15, 0.2) is 11.8 Å². The summed E-state index contributed by atoms with van der Waals surface area (Å²) in [5.74, 6) is -0.437. The molecule has 1 aromatic carbocycles. The van der Waals surface area contributed by atoms with Gasteiger partial charge in [0.2, 0.25) is 0 Å². The number of guanidine groups is 1.